The molecule has 252 valence electrons. The van der Waals surface area contributed by atoms with E-state index in [4.69, 9.17) is 24.2 Å². The summed E-state index contributed by atoms with van der Waals surface area (Å²) in [6, 6.07) is 16.0. The maximum absolute atomic E-state index is 14.1. The first kappa shape index (κ1) is 35.1. The second kappa shape index (κ2) is 14.9. The summed E-state index contributed by atoms with van der Waals surface area (Å²) in [6.45, 7) is 7.31. The molecule has 0 spiro atoms. The molecule has 0 radical (unpaired) electrons. The number of nitro benzene ring substituents is 1. The zero-order valence-corrected chi connectivity index (χ0v) is 29.6. The molecule has 1 aromatic heterocycles. The van der Waals surface area contributed by atoms with E-state index in [9.17, 15) is 19.7 Å². The van der Waals surface area contributed by atoms with Crippen molar-refractivity contribution in [3.05, 3.63) is 122 Å². The van der Waals surface area contributed by atoms with Crippen LogP contribution < -0.4 is 29.1 Å². The third kappa shape index (κ3) is 7.43. The minimum Gasteiger partial charge on any atom is -0.493 e. The lowest BCUT2D eigenvalue weighted by Crippen LogP contribution is -2.40. The molecule has 3 aromatic carbocycles. The van der Waals surface area contributed by atoms with Gasteiger partial charge in [-0.3, -0.25) is 19.5 Å². The van der Waals surface area contributed by atoms with Crippen LogP contribution in [-0.2, 0) is 16.1 Å². The number of methoxy groups -OCH3 is 1. The Morgan fingerprint density at radius 2 is 1.92 bits per heavy atom. The lowest BCUT2D eigenvalue weighted by Gasteiger charge is -2.25. The van der Waals surface area contributed by atoms with Crippen LogP contribution in [0, 0.1) is 21.4 Å². The molecule has 0 bridgehead atoms. The van der Waals surface area contributed by atoms with Crippen molar-refractivity contribution in [1.29, 1.82) is 5.26 Å². The third-order valence-electron chi connectivity index (χ3n) is 7.39. The molecule has 1 aliphatic rings. The predicted octanol–water partition coefficient (Wildman–Crippen LogP) is 5.72. The van der Waals surface area contributed by atoms with Crippen molar-refractivity contribution in [2.75, 3.05) is 13.7 Å². The molecule has 0 fully saturated rings. The van der Waals surface area contributed by atoms with E-state index in [0.717, 1.165) is 16.9 Å². The van der Waals surface area contributed by atoms with Crippen LogP contribution >= 0.6 is 27.3 Å². The van der Waals surface area contributed by atoms with Gasteiger partial charge in [0.1, 0.15) is 6.61 Å². The van der Waals surface area contributed by atoms with Crippen LogP contribution in [0.25, 0.3) is 6.08 Å². The summed E-state index contributed by atoms with van der Waals surface area (Å²) in [4.78, 5) is 44.0. The molecule has 0 N–H and O–H groups in total. The molecule has 0 saturated heterocycles. The monoisotopic (exact) mass is 746 g/mol. The minimum atomic E-state index is -0.904. The number of allylic oxidation sites excluding steroid dienone is 1. The molecule has 4 aromatic rings. The molecule has 0 saturated carbocycles. The number of carbonyl (C=O) groups excluding carboxylic acids is 1. The summed E-state index contributed by atoms with van der Waals surface area (Å²) in [7, 11) is 1.51. The molecule has 5 rings (SSSR count). The lowest BCUT2D eigenvalue weighted by atomic mass is 9.95. The van der Waals surface area contributed by atoms with E-state index in [-0.39, 0.29) is 40.9 Å². The Labute approximate surface area is 293 Å². The fourth-order valence-electron chi connectivity index (χ4n) is 5.26. The number of benzene rings is 3. The first-order valence-corrected chi connectivity index (χ1v) is 16.7. The Hall–Kier alpha value is -5.26. The third-order valence-corrected chi connectivity index (χ3v) is 8.96. The standard InChI is InChI=1S/C35H31BrN4O8S/c1-6-46-34(42)30-20(4)38-35-39(31(30)24-11-12-27(48-19(2)3)28(16-24)45-5)33(41)29(49-35)15-23-13-25(36)32(26(14-23)40(43)44)47-18-22-9-7-21(17-37)8-10-22/h7-16,19,31H,6,18H2,1-5H3/b29-15+/t31-/m1/s1. The fourth-order valence-corrected chi connectivity index (χ4v) is 6.88. The number of nitrogens with zero attached hydrogens (tertiary/aromatic N) is 4. The summed E-state index contributed by atoms with van der Waals surface area (Å²) in [5, 5.41) is 21.2. The maximum atomic E-state index is 14.1. The molecule has 0 amide bonds. The molecule has 1 aliphatic heterocycles. The van der Waals surface area contributed by atoms with E-state index in [1.165, 1.54) is 23.8 Å². The Morgan fingerprint density at radius 3 is 2.55 bits per heavy atom. The van der Waals surface area contributed by atoms with Gasteiger partial charge in [0.05, 0.1) is 62.7 Å². The number of nitro groups is 1. The van der Waals surface area contributed by atoms with Gasteiger partial charge in [0.15, 0.2) is 16.3 Å². The van der Waals surface area contributed by atoms with Crippen molar-refractivity contribution < 1.29 is 28.7 Å². The van der Waals surface area contributed by atoms with Gasteiger partial charge >= 0.3 is 11.7 Å². The van der Waals surface area contributed by atoms with E-state index < -0.39 is 22.5 Å². The summed E-state index contributed by atoms with van der Waals surface area (Å²) >= 11 is 4.49. The van der Waals surface area contributed by atoms with Crippen LogP contribution in [-0.4, -0.2) is 35.3 Å². The molecular weight excluding hydrogens is 716 g/mol. The minimum absolute atomic E-state index is 0.0153. The van der Waals surface area contributed by atoms with Crippen LogP contribution in [0.1, 0.15) is 56.0 Å². The van der Waals surface area contributed by atoms with Crippen molar-refractivity contribution in [1.82, 2.24) is 4.57 Å². The second-order valence-electron chi connectivity index (χ2n) is 11.1. The summed E-state index contributed by atoms with van der Waals surface area (Å²) < 4.78 is 24.7. The van der Waals surface area contributed by atoms with Gasteiger partial charge in [-0.15, -0.1) is 0 Å². The van der Waals surface area contributed by atoms with Crippen molar-refractivity contribution in [2.24, 2.45) is 4.99 Å². The van der Waals surface area contributed by atoms with Crippen molar-refractivity contribution in [2.45, 2.75) is 46.4 Å². The zero-order chi connectivity index (χ0) is 35.4. The van der Waals surface area contributed by atoms with Gasteiger partial charge in [-0.25, -0.2) is 9.79 Å². The molecule has 12 nitrogen and oxygen atoms in total. The van der Waals surface area contributed by atoms with Crippen molar-refractivity contribution in [3.63, 3.8) is 0 Å². The number of fused-ring (bicyclic) bond motifs is 1. The van der Waals surface area contributed by atoms with Gasteiger partial charge in [0, 0.05) is 6.07 Å². The fraction of sp³-hybridized carbons (Fsp3) is 0.257. The molecule has 0 unspecified atom stereocenters. The number of halogens is 1. The van der Waals surface area contributed by atoms with Crippen molar-refractivity contribution >= 4 is 45.0 Å². The zero-order valence-electron chi connectivity index (χ0n) is 27.2. The van der Waals surface area contributed by atoms with Crippen LogP contribution in [0.15, 0.2) is 80.1 Å². The van der Waals surface area contributed by atoms with Gasteiger partial charge in [-0.1, -0.05) is 29.5 Å². The molecule has 14 heteroatoms. The van der Waals surface area contributed by atoms with Crippen LogP contribution in [0.3, 0.4) is 0 Å². The Balaban J connectivity index is 1.60. The SMILES string of the molecule is CCOC(=O)C1=C(C)N=c2s/c(=C/c3cc(Br)c(OCc4ccc(C#N)cc4)c([N+](=O)[O-])c3)c(=O)n2[C@@H]1c1ccc(OC(C)C)c(OC)c1. The van der Waals surface area contributed by atoms with Gasteiger partial charge in [0.2, 0.25) is 5.75 Å². The number of esters is 1. The number of hydrogen-bond acceptors (Lipinski definition) is 11. The molecule has 0 aliphatic carbocycles. The number of ether oxygens (including phenoxy) is 4. The molecule has 49 heavy (non-hydrogen) atoms. The number of hydrogen-bond donors (Lipinski definition) is 0. The van der Waals surface area contributed by atoms with Crippen molar-refractivity contribution in [3.8, 4) is 23.3 Å². The van der Waals surface area contributed by atoms with Crippen LogP contribution in [0.5, 0.6) is 17.2 Å². The highest BCUT2D eigenvalue weighted by molar-refractivity contribution is 9.10. The van der Waals surface area contributed by atoms with Gasteiger partial charge < -0.3 is 18.9 Å². The maximum Gasteiger partial charge on any atom is 0.338 e. The Bertz CT molecular complexity index is 2200. The highest BCUT2D eigenvalue weighted by Gasteiger charge is 2.34. The quantitative estimate of drug-likeness (QED) is 0.107. The van der Waals surface area contributed by atoms with E-state index in [2.05, 4.69) is 20.9 Å². The molecular formula is C35H31BrN4O8S. The van der Waals surface area contributed by atoms with Gasteiger partial charge in [-0.05, 0) is 96.7 Å². The second-order valence-corrected chi connectivity index (χ2v) is 12.9. The average molecular weight is 748 g/mol. The number of thiazole rings is 1. The Kier molecular flexibility index (Phi) is 10.6. The number of rotatable bonds is 11. The largest absolute Gasteiger partial charge is 0.493 e. The highest BCUT2D eigenvalue weighted by Crippen LogP contribution is 2.38. The van der Waals surface area contributed by atoms with E-state index in [1.807, 2.05) is 19.9 Å². The van der Waals surface area contributed by atoms with Crippen LogP contribution in [0.4, 0.5) is 5.69 Å². The normalized spacial score (nSPS) is 14.2. The first-order valence-electron chi connectivity index (χ1n) is 15.1. The molecule has 1 atom stereocenters. The first-order chi connectivity index (χ1) is 23.4. The van der Waals surface area contributed by atoms with E-state index in [1.54, 1.807) is 62.4 Å². The molecule has 2 heterocycles. The number of carbonyl (C=O) groups is 1. The lowest BCUT2D eigenvalue weighted by molar-refractivity contribution is -0.386. The smallest absolute Gasteiger partial charge is 0.338 e. The highest BCUT2D eigenvalue weighted by atomic mass is 79.9. The van der Waals surface area contributed by atoms with Gasteiger partial charge in [-0.2, -0.15) is 5.26 Å². The number of nitriles is 1. The van der Waals surface area contributed by atoms with Gasteiger partial charge in [0.25, 0.3) is 5.56 Å². The number of aromatic nitrogens is 1. The Morgan fingerprint density at radius 1 is 1.18 bits per heavy atom. The van der Waals surface area contributed by atoms with Crippen LogP contribution in [0.2, 0.25) is 0 Å². The summed E-state index contributed by atoms with van der Waals surface area (Å²) in [6.07, 6.45) is 1.42. The average Bonchev–Trinajstić information content (AvgIpc) is 3.37. The summed E-state index contributed by atoms with van der Waals surface area (Å²) in [5.74, 6) is 0.329. The summed E-state index contributed by atoms with van der Waals surface area (Å²) in [5.41, 5.74) is 1.96. The topological polar surface area (TPSA) is 155 Å². The van der Waals surface area contributed by atoms with E-state index >= 15 is 0 Å². The predicted molar refractivity (Wildman–Crippen MR) is 185 cm³/mol. The van der Waals surface area contributed by atoms with E-state index in [0.29, 0.717) is 43.2 Å².